The maximum absolute atomic E-state index is 11.6. The van der Waals surface area contributed by atoms with Crippen LogP contribution >= 0.6 is 0 Å². The zero-order valence-electron chi connectivity index (χ0n) is 10.2. The third kappa shape index (κ3) is 4.54. The van der Waals surface area contributed by atoms with Crippen LogP contribution in [0.1, 0.15) is 16.7 Å². The summed E-state index contributed by atoms with van der Waals surface area (Å²) in [5.74, 6) is -0.147. The molecule has 0 aromatic heterocycles. The Labute approximate surface area is 101 Å². The summed E-state index contributed by atoms with van der Waals surface area (Å²) < 4.78 is 0. The molecule has 0 bridgehead atoms. The summed E-state index contributed by atoms with van der Waals surface area (Å²) in [6, 6.07) is 5.98. The Bertz CT molecular complexity index is 390. The topological polar surface area (TPSA) is 69.6 Å². The van der Waals surface area contributed by atoms with E-state index in [9.17, 15) is 4.79 Å². The minimum Gasteiger partial charge on any atom is -0.394 e. The number of hydrogen-bond donors (Lipinski definition) is 3. The number of carbonyl (C=O) groups excluding carboxylic acids is 1. The number of benzene rings is 1. The Balaban J connectivity index is 2.53. The molecule has 1 aromatic rings. The van der Waals surface area contributed by atoms with Crippen molar-refractivity contribution in [1.29, 1.82) is 0 Å². The van der Waals surface area contributed by atoms with Crippen molar-refractivity contribution in [2.45, 2.75) is 26.4 Å². The Morgan fingerprint density at radius 3 is 2.76 bits per heavy atom. The minimum atomic E-state index is -0.891. The lowest BCUT2D eigenvalue weighted by atomic mass is 10.0. The summed E-state index contributed by atoms with van der Waals surface area (Å²) in [6.07, 6.45) is -0.594. The van der Waals surface area contributed by atoms with Crippen molar-refractivity contribution in [2.24, 2.45) is 0 Å². The van der Waals surface area contributed by atoms with Gasteiger partial charge in [0, 0.05) is 6.54 Å². The number of aliphatic hydroxyl groups is 2. The van der Waals surface area contributed by atoms with Crippen LogP contribution in [0.25, 0.3) is 0 Å². The Morgan fingerprint density at radius 1 is 1.41 bits per heavy atom. The quantitative estimate of drug-likeness (QED) is 0.690. The van der Waals surface area contributed by atoms with Gasteiger partial charge in [0.05, 0.1) is 19.1 Å². The largest absolute Gasteiger partial charge is 0.394 e. The van der Waals surface area contributed by atoms with Crippen molar-refractivity contribution >= 4 is 5.91 Å². The highest BCUT2D eigenvalue weighted by atomic mass is 16.3. The summed E-state index contributed by atoms with van der Waals surface area (Å²) in [6.45, 7) is 3.69. The van der Waals surface area contributed by atoms with Crippen LogP contribution in [-0.2, 0) is 11.2 Å². The molecule has 0 aliphatic heterocycles. The summed E-state index contributed by atoms with van der Waals surface area (Å²) >= 11 is 0. The predicted molar refractivity (Wildman–Crippen MR) is 65.7 cm³/mol. The van der Waals surface area contributed by atoms with Crippen molar-refractivity contribution < 1.29 is 15.0 Å². The van der Waals surface area contributed by atoms with Gasteiger partial charge in [-0.3, -0.25) is 4.79 Å². The number of nitrogens with one attached hydrogen (secondary N) is 1. The number of amides is 1. The normalized spacial score (nSPS) is 12.2. The van der Waals surface area contributed by atoms with Gasteiger partial charge in [-0.05, 0) is 25.0 Å². The van der Waals surface area contributed by atoms with Gasteiger partial charge in [-0.25, -0.2) is 0 Å². The van der Waals surface area contributed by atoms with E-state index < -0.39 is 6.10 Å². The summed E-state index contributed by atoms with van der Waals surface area (Å²) in [5, 5.41) is 20.3. The van der Waals surface area contributed by atoms with Crippen LogP contribution in [-0.4, -0.2) is 35.4 Å². The third-order valence-corrected chi connectivity index (χ3v) is 2.60. The fraction of sp³-hybridized carbons (Fsp3) is 0.462. The maximum Gasteiger partial charge on any atom is 0.224 e. The number of carbonyl (C=O) groups is 1. The lowest BCUT2D eigenvalue weighted by molar-refractivity contribution is -0.121. The van der Waals surface area contributed by atoms with E-state index in [-0.39, 0.29) is 19.1 Å². The van der Waals surface area contributed by atoms with Gasteiger partial charge in [-0.1, -0.05) is 23.8 Å². The van der Waals surface area contributed by atoms with Crippen LogP contribution in [0.3, 0.4) is 0 Å². The standard InChI is InChI=1S/C13H19NO3/c1-9-3-4-10(2)11(5-9)6-13(17)14-7-12(16)8-15/h3-5,12,15-16H,6-8H2,1-2H3,(H,14,17). The first kappa shape index (κ1) is 13.7. The van der Waals surface area contributed by atoms with Crippen molar-refractivity contribution in [3.8, 4) is 0 Å². The first-order valence-electron chi connectivity index (χ1n) is 5.64. The van der Waals surface area contributed by atoms with Gasteiger partial charge >= 0.3 is 0 Å². The smallest absolute Gasteiger partial charge is 0.224 e. The maximum atomic E-state index is 11.6. The van der Waals surface area contributed by atoms with Gasteiger partial charge in [0.1, 0.15) is 0 Å². The molecule has 4 heteroatoms. The molecule has 0 spiro atoms. The molecule has 1 rings (SSSR count). The van der Waals surface area contributed by atoms with Crippen LogP contribution in [0, 0.1) is 13.8 Å². The minimum absolute atomic E-state index is 0.0835. The van der Waals surface area contributed by atoms with Crippen molar-refractivity contribution in [2.75, 3.05) is 13.2 Å². The van der Waals surface area contributed by atoms with Gasteiger partial charge < -0.3 is 15.5 Å². The van der Waals surface area contributed by atoms with Gasteiger partial charge in [0.2, 0.25) is 5.91 Å². The van der Waals surface area contributed by atoms with Gasteiger partial charge in [-0.2, -0.15) is 0 Å². The number of rotatable bonds is 5. The second-order valence-electron chi connectivity index (χ2n) is 4.25. The fourth-order valence-electron chi connectivity index (χ4n) is 1.52. The highest BCUT2D eigenvalue weighted by Gasteiger charge is 2.08. The molecule has 17 heavy (non-hydrogen) atoms. The molecule has 94 valence electrons. The molecule has 1 aromatic carbocycles. The average Bonchev–Trinajstić information content (AvgIpc) is 2.30. The molecule has 3 N–H and O–H groups in total. The van der Waals surface area contributed by atoms with Gasteiger partial charge in [0.15, 0.2) is 0 Å². The fourth-order valence-corrected chi connectivity index (χ4v) is 1.52. The number of hydrogen-bond acceptors (Lipinski definition) is 3. The van der Waals surface area contributed by atoms with E-state index in [1.165, 1.54) is 0 Å². The predicted octanol–water partition coefficient (Wildman–Crippen LogP) is 0.315. The summed E-state index contributed by atoms with van der Waals surface area (Å²) in [5.41, 5.74) is 3.18. The van der Waals surface area contributed by atoms with E-state index in [0.29, 0.717) is 6.42 Å². The molecule has 1 unspecified atom stereocenters. The Kier molecular flexibility index (Phi) is 5.12. The zero-order chi connectivity index (χ0) is 12.8. The van der Waals surface area contributed by atoms with Crippen molar-refractivity contribution in [3.63, 3.8) is 0 Å². The van der Waals surface area contributed by atoms with Crippen molar-refractivity contribution in [3.05, 3.63) is 34.9 Å². The lowest BCUT2D eigenvalue weighted by Crippen LogP contribution is -2.34. The number of aliphatic hydroxyl groups excluding tert-OH is 2. The molecule has 4 nitrogen and oxygen atoms in total. The van der Waals surface area contributed by atoms with Crippen LogP contribution in [0.4, 0.5) is 0 Å². The summed E-state index contributed by atoms with van der Waals surface area (Å²) in [7, 11) is 0. The Hall–Kier alpha value is -1.39. The van der Waals surface area contributed by atoms with Crippen LogP contribution in [0.15, 0.2) is 18.2 Å². The molecule has 0 heterocycles. The average molecular weight is 237 g/mol. The molecule has 0 radical (unpaired) electrons. The van der Waals surface area contributed by atoms with Crippen molar-refractivity contribution in [1.82, 2.24) is 5.32 Å². The van der Waals surface area contributed by atoms with Crippen LogP contribution < -0.4 is 5.32 Å². The number of aryl methyl sites for hydroxylation is 2. The molecule has 0 saturated carbocycles. The van der Waals surface area contributed by atoms with E-state index in [1.807, 2.05) is 32.0 Å². The van der Waals surface area contributed by atoms with E-state index in [1.54, 1.807) is 0 Å². The molecule has 0 fully saturated rings. The summed E-state index contributed by atoms with van der Waals surface area (Å²) in [4.78, 5) is 11.6. The molecular weight excluding hydrogens is 218 g/mol. The highest BCUT2D eigenvalue weighted by molar-refractivity contribution is 5.79. The molecule has 0 aliphatic carbocycles. The second-order valence-corrected chi connectivity index (χ2v) is 4.25. The van der Waals surface area contributed by atoms with E-state index in [4.69, 9.17) is 10.2 Å². The Morgan fingerprint density at radius 2 is 2.12 bits per heavy atom. The SMILES string of the molecule is Cc1ccc(C)c(CC(=O)NCC(O)CO)c1. The molecular formula is C13H19NO3. The van der Waals surface area contributed by atoms with Gasteiger partial charge in [0.25, 0.3) is 0 Å². The molecule has 0 saturated heterocycles. The van der Waals surface area contributed by atoms with E-state index in [2.05, 4.69) is 5.32 Å². The van der Waals surface area contributed by atoms with Gasteiger partial charge in [-0.15, -0.1) is 0 Å². The molecule has 0 aliphatic rings. The zero-order valence-corrected chi connectivity index (χ0v) is 10.2. The third-order valence-electron chi connectivity index (χ3n) is 2.60. The van der Waals surface area contributed by atoms with E-state index in [0.717, 1.165) is 16.7 Å². The van der Waals surface area contributed by atoms with Crippen LogP contribution in [0.5, 0.6) is 0 Å². The molecule has 1 atom stereocenters. The first-order chi connectivity index (χ1) is 8.02. The molecule has 1 amide bonds. The van der Waals surface area contributed by atoms with Crippen LogP contribution in [0.2, 0.25) is 0 Å². The second kappa shape index (κ2) is 6.37. The monoisotopic (exact) mass is 237 g/mol. The lowest BCUT2D eigenvalue weighted by Gasteiger charge is -2.10. The first-order valence-corrected chi connectivity index (χ1v) is 5.64. The van der Waals surface area contributed by atoms with E-state index >= 15 is 0 Å². The highest BCUT2D eigenvalue weighted by Crippen LogP contribution is 2.11.